The van der Waals surface area contributed by atoms with Gasteiger partial charge in [-0.15, -0.1) is 0 Å². The lowest BCUT2D eigenvalue weighted by molar-refractivity contribution is -0.384. The molecule has 0 radical (unpaired) electrons. The van der Waals surface area contributed by atoms with Gasteiger partial charge in [0.25, 0.3) is 11.6 Å². The molecule has 1 amide bonds. The summed E-state index contributed by atoms with van der Waals surface area (Å²) in [6.07, 6.45) is 0. The molecule has 27 heavy (non-hydrogen) atoms. The van der Waals surface area contributed by atoms with Crippen molar-refractivity contribution in [3.63, 3.8) is 0 Å². The second-order valence-electron chi connectivity index (χ2n) is 5.66. The molecular weight excluding hydrogens is 368 g/mol. The first-order valence-electron chi connectivity index (χ1n) is 8.05. The Bertz CT molecular complexity index is 956. The van der Waals surface area contributed by atoms with Gasteiger partial charge in [-0.2, -0.15) is 0 Å². The molecule has 0 unspecified atom stereocenters. The first-order chi connectivity index (χ1) is 13.0. The van der Waals surface area contributed by atoms with Crippen molar-refractivity contribution in [2.75, 3.05) is 5.32 Å². The molecule has 7 heteroatoms. The number of nitrogens with one attached hydrogen (secondary N) is 1. The van der Waals surface area contributed by atoms with Crippen molar-refractivity contribution in [2.24, 2.45) is 0 Å². The van der Waals surface area contributed by atoms with Crippen LogP contribution in [0.4, 0.5) is 11.4 Å². The minimum absolute atomic E-state index is 0.0342. The van der Waals surface area contributed by atoms with Gasteiger partial charge >= 0.3 is 0 Å². The predicted octanol–water partition coefficient (Wildman–Crippen LogP) is 5.08. The van der Waals surface area contributed by atoms with Crippen LogP contribution < -0.4 is 10.1 Å². The lowest BCUT2D eigenvalue weighted by atomic mass is 10.2. The van der Waals surface area contributed by atoms with E-state index in [1.165, 1.54) is 24.3 Å². The third-order valence-corrected chi connectivity index (χ3v) is 4.17. The topological polar surface area (TPSA) is 81.5 Å². The van der Waals surface area contributed by atoms with Crippen LogP contribution in [0.2, 0.25) is 5.02 Å². The summed E-state index contributed by atoms with van der Waals surface area (Å²) >= 11 is 6.09. The van der Waals surface area contributed by atoms with Crippen molar-refractivity contribution >= 4 is 28.9 Å². The molecule has 1 N–H and O–H groups in total. The van der Waals surface area contributed by atoms with Crippen LogP contribution in [0.15, 0.2) is 72.8 Å². The van der Waals surface area contributed by atoms with E-state index >= 15 is 0 Å². The lowest BCUT2D eigenvalue weighted by Crippen LogP contribution is -2.11. The zero-order chi connectivity index (χ0) is 19.2. The van der Waals surface area contributed by atoms with Crippen LogP contribution >= 0.6 is 11.6 Å². The maximum atomic E-state index is 12.3. The Hall–Kier alpha value is -3.38. The van der Waals surface area contributed by atoms with E-state index in [0.717, 1.165) is 5.56 Å². The number of carbonyl (C=O) groups excluding carboxylic acids is 1. The maximum Gasteiger partial charge on any atom is 0.269 e. The fraction of sp³-hybridized carbons (Fsp3) is 0.0500. The third-order valence-electron chi connectivity index (χ3n) is 3.80. The van der Waals surface area contributed by atoms with E-state index < -0.39 is 4.92 Å². The van der Waals surface area contributed by atoms with Gasteiger partial charge in [-0.1, -0.05) is 29.8 Å². The molecule has 6 nitrogen and oxygen atoms in total. The van der Waals surface area contributed by atoms with Gasteiger partial charge in [-0.25, -0.2) is 0 Å². The smallest absolute Gasteiger partial charge is 0.269 e. The van der Waals surface area contributed by atoms with Crippen LogP contribution in [0.5, 0.6) is 5.75 Å². The zero-order valence-corrected chi connectivity index (χ0v) is 14.8. The lowest BCUT2D eigenvalue weighted by Gasteiger charge is -2.09. The number of hydrogen-bond acceptors (Lipinski definition) is 4. The number of nitrogens with zero attached hydrogens (tertiary/aromatic N) is 1. The number of ether oxygens (including phenoxy) is 1. The highest BCUT2D eigenvalue weighted by Crippen LogP contribution is 2.20. The molecule has 0 aliphatic rings. The molecule has 0 saturated heterocycles. The maximum absolute atomic E-state index is 12.3. The fourth-order valence-corrected chi connectivity index (χ4v) is 2.54. The SMILES string of the molecule is O=C(Nc1ccc([N+](=O)[O-])cc1)c1ccc(OCc2ccccc2Cl)cc1. The van der Waals surface area contributed by atoms with Gasteiger partial charge < -0.3 is 10.1 Å². The number of non-ortho nitro benzene ring substituents is 1. The standard InChI is InChI=1S/C20H15ClN2O4/c21-19-4-2-1-3-15(19)13-27-18-11-5-14(6-12-18)20(24)22-16-7-9-17(10-8-16)23(25)26/h1-12H,13H2,(H,22,24). The van der Waals surface area contributed by atoms with E-state index in [1.54, 1.807) is 30.3 Å². The van der Waals surface area contributed by atoms with Crippen LogP contribution in [-0.4, -0.2) is 10.8 Å². The number of rotatable bonds is 6. The van der Waals surface area contributed by atoms with Crippen molar-refractivity contribution < 1.29 is 14.5 Å². The van der Waals surface area contributed by atoms with Crippen molar-refractivity contribution in [1.29, 1.82) is 0 Å². The summed E-state index contributed by atoms with van der Waals surface area (Å²) in [7, 11) is 0. The molecule has 0 spiro atoms. The molecular formula is C20H15ClN2O4. The van der Waals surface area contributed by atoms with E-state index in [-0.39, 0.29) is 11.6 Å². The summed E-state index contributed by atoms with van der Waals surface area (Å²) in [5.74, 6) is 0.295. The van der Waals surface area contributed by atoms with Gasteiger partial charge in [0.1, 0.15) is 12.4 Å². The molecule has 0 saturated carbocycles. The Morgan fingerprint density at radius 1 is 1.00 bits per heavy atom. The number of carbonyl (C=O) groups is 1. The third kappa shape index (κ3) is 4.83. The van der Waals surface area contributed by atoms with Crippen LogP contribution in [0.1, 0.15) is 15.9 Å². The second-order valence-corrected chi connectivity index (χ2v) is 6.07. The Balaban J connectivity index is 1.60. The van der Waals surface area contributed by atoms with Crippen LogP contribution in [-0.2, 0) is 6.61 Å². The van der Waals surface area contributed by atoms with Crippen molar-refractivity contribution in [1.82, 2.24) is 0 Å². The van der Waals surface area contributed by atoms with Gasteiger partial charge in [0.05, 0.1) is 4.92 Å². The average molecular weight is 383 g/mol. The normalized spacial score (nSPS) is 10.3. The Kier molecular flexibility index (Phi) is 5.68. The summed E-state index contributed by atoms with van der Waals surface area (Å²) in [5, 5.41) is 14.0. The summed E-state index contributed by atoms with van der Waals surface area (Å²) in [5.41, 5.74) is 1.76. The molecule has 0 fully saturated rings. The molecule has 136 valence electrons. The minimum Gasteiger partial charge on any atom is -0.489 e. The van der Waals surface area contributed by atoms with Gasteiger partial charge in [0.15, 0.2) is 0 Å². The number of hydrogen-bond donors (Lipinski definition) is 1. The predicted molar refractivity (Wildman–Crippen MR) is 103 cm³/mol. The van der Waals surface area contributed by atoms with Crippen LogP contribution in [0, 0.1) is 10.1 Å². The highest BCUT2D eigenvalue weighted by atomic mass is 35.5. The van der Waals surface area contributed by atoms with Crippen molar-refractivity contribution in [3.05, 3.63) is 99.1 Å². The van der Waals surface area contributed by atoms with Crippen molar-refractivity contribution in [3.8, 4) is 5.75 Å². The zero-order valence-electron chi connectivity index (χ0n) is 14.1. The molecule has 0 aromatic heterocycles. The van der Waals surface area contributed by atoms with Gasteiger partial charge in [-0.05, 0) is 42.5 Å². The van der Waals surface area contributed by atoms with Crippen molar-refractivity contribution in [2.45, 2.75) is 6.61 Å². The van der Waals surface area contributed by atoms with E-state index in [1.807, 2.05) is 18.2 Å². The van der Waals surface area contributed by atoms with Gasteiger partial charge in [0.2, 0.25) is 0 Å². The summed E-state index contributed by atoms with van der Waals surface area (Å²) in [4.78, 5) is 22.4. The number of amides is 1. The first kappa shape index (κ1) is 18.4. The monoisotopic (exact) mass is 382 g/mol. The summed E-state index contributed by atoms with van der Waals surface area (Å²) in [6, 6.07) is 19.7. The fourth-order valence-electron chi connectivity index (χ4n) is 2.35. The molecule has 0 bridgehead atoms. The van der Waals surface area contributed by atoms with Crippen LogP contribution in [0.3, 0.4) is 0 Å². The molecule has 0 aliphatic heterocycles. The quantitative estimate of drug-likeness (QED) is 0.476. The molecule has 0 heterocycles. The summed E-state index contributed by atoms with van der Waals surface area (Å²) in [6.45, 7) is 0.327. The van der Waals surface area contributed by atoms with Gasteiger partial charge in [-0.3, -0.25) is 14.9 Å². The van der Waals surface area contributed by atoms with Crippen LogP contribution in [0.25, 0.3) is 0 Å². The number of benzene rings is 3. The minimum atomic E-state index is -0.493. The first-order valence-corrected chi connectivity index (χ1v) is 8.43. The van der Waals surface area contributed by atoms with E-state index in [4.69, 9.17) is 16.3 Å². The number of nitro groups is 1. The Morgan fingerprint density at radius 3 is 2.30 bits per heavy atom. The second kappa shape index (κ2) is 8.33. The van der Waals surface area contributed by atoms with E-state index in [2.05, 4.69) is 5.32 Å². The van der Waals surface area contributed by atoms with E-state index in [0.29, 0.717) is 28.6 Å². The molecule has 0 aliphatic carbocycles. The number of halogens is 1. The number of anilines is 1. The largest absolute Gasteiger partial charge is 0.489 e. The number of nitro benzene ring substituents is 1. The highest BCUT2D eigenvalue weighted by molar-refractivity contribution is 6.31. The Labute approximate surface area is 160 Å². The summed E-state index contributed by atoms with van der Waals surface area (Å²) < 4.78 is 5.68. The average Bonchev–Trinajstić information content (AvgIpc) is 2.68. The molecule has 3 aromatic rings. The van der Waals surface area contributed by atoms with E-state index in [9.17, 15) is 14.9 Å². The highest BCUT2D eigenvalue weighted by Gasteiger charge is 2.09. The molecule has 0 atom stereocenters. The van der Waals surface area contributed by atoms with Gasteiger partial charge in [0, 0.05) is 34.0 Å². The molecule has 3 rings (SSSR count). The molecule has 3 aromatic carbocycles. The Morgan fingerprint density at radius 2 is 1.67 bits per heavy atom.